The number of piperidine rings is 1. The Balaban J connectivity index is 0.000000179. The molecule has 8 nitrogen and oxygen atoms in total. The summed E-state index contributed by atoms with van der Waals surface area (Å²) >= 11 is 3.08. The van der Waals surface area contributed by atoms with E-state index in [0.29, 0.717) is 17.3 Å². The number of imidazole rings is 1. The number of aromatic nitrogens is 4. The monoisotopic (exact) mass is 539 g/mol. The Morgan fingerprint density at radius 2 is 1.57 bits per heavy atom. The van der Waals surface area contributed by atoms with Crippen molar-refractivity contribution in [2.45, 2.75) is 30.5 Å². The van der Waals surface area contributed by atoms with E-state index in [1.165, 1.54) is 22.0 Å². The van der Waals surface area contributed by atoms with Gasteiger partial charge >= 0.3 is 5.69 Å². The Morgan fingerprint density at radius 3 is 2.11 bits per heavy atom. The lowest BCUT2D eigenvalue weighted by Crippen LogP contribution is -2.38. The summed E-state index contributed by atoms with van der Waals surface area (Å²) in [5.41, 5.74) is 2.62. The van der Waals surface area contributed by atoms with Gasteiger partial charge in [-0.3, -0.25) is 9.36 Å². The van der Waals surface area contributed by atoms with Gasteiger partial charge in [0.15, 0.2) is 5.65 Å². The molecule has 0 aliphatic carbocycles. The van der Waals surface area contributed by atoms with E-state index in [9.17, 15) is 9.59 Å². The minimum atomic E-state index is -0.383. The molecule has 35 heavy (non-hydrogen) atoms. The van der Waals surface area contributed by atoms with Gasteiger partial charge in [0.1, 0.15) is 11.6 Å². The average molecular weight is 540 g/mol. The molecule has 0 saturated carbocycles. The van der Waals surface area contributed by atoms with Crippen molar-refractivity contribution in [1.29, 1.82) is 0 Å². The molecule has 0 unspecified atom stereocenters. The van der Waals surface area contributed by atoms with E-state index in [1.807, 2.05) is 0 Å². The van der Waals surface area contributed by atoms with Crippen LogP contribution in [0.1, 0.15) is 30.1 Å². The Kier molecular flexibility index (Phi) is 8.33. The topological polar surface area (TPSA) is 85.1 Å². The molecule has 4 aromatic rings. The number of aryl methyl sites for hydroxylation is 1. The van der Waals surface area contributed by atoms with Crippen molar-refractivity contribution < 1.29 is 4.74 Å². The zero-order chi connectivity index (χ0) is 24.8. The summed E-state index contributed by atoms with van der Waals surface area (Å²) < 4.78 is 8.90. The van der Waals surface area contributed by atoms with Crippen molar-refractivity contribution in [1.82, 2.24) is 24.0 Å². The normalized spacial score (nSPS) is 14.7. The highest BCUT2D eigenvalue weighted by Crippen LogP contribution is 2.29. The van der Waals surface area contributed by atoms with Crippen LogP contribution in [0.3, 0.4) is 0 Å². The highest BCUT2D eigenvalue weighted by Gasteiger charge is 2.23. The maximum absolute atomic E-state index is 11.6. The molecular weight excluding hydrogens is 510 g/mol. The van der Waals surface area contributed by atoms with Gasteiger partial charge in [0.2, 0.25) is 0 Å². The lowest BCUT2D eigenvalue weighted by Gasteiger charge is -2.32. The number of benzene rings is 2. The summed E-state index contributed by atoms with van der Waals surface area (Å²) in [6.45, 7) is 2.25. The lowest BCUT2D eigenvalue weighted by atomic mass is 10.00. The zero-order valence-electron chi connectivity index (χ0n) is 19.9. The standard InChI is InChI=1S/C19H23NO.C7H7BrN4O2/c1-20-14-12-18(13-15-20)21-19(16-8-4-2-5-9-16)17-10-6-3-7-11-17;1-11-5-4(9-3-10-5)6(13)12(2-8)7(11)14/h2-11,18-19H,12-15H2,1H3;3H,2H2,1H3,(H,9,10). The van der Waals surface area contributed by atoms with Crippen LogP contribution in [-0.4, -0.2) is 50.2 Å². The van der Waals surface area contributed by atoms with E-state index >= 15 is 0 Å². The number of fused-ring (bicyclic) bond motifs is 1. The fraction of sp³-hybridized carbons (Fsp3) is 0.346. The maximum Gasteiger partial charge on any atom is 0.333 e. The Morgan fingerprint density at radius 1 is 1.00 bits per heavy atom. The van der Waals surface area contributed by atoms with Gasteiger partial charge in [-0.15, -0.1) is 0 Å². The number of nitrogens with zero attached hydrogens (tertiary/aromatic N) is 4. The molecule has 0 radical (unpaired) electrons. The molecular formula is C26H30BrN5O3. The highest BCUT2D eigenvalue weighted by molar-refractivity contribution is 9.08. The van der Waals surface area contributed by atoms with Crippen LogP contribution in [-0.2, 0) is 17.2 Å². The third kappa shape index (κ3) is 5.80. The molecule has 2 aromatic heterocycles. The summed E-state index contributed by atoms with van der Waals surface area (Å²) in [5, 5.41) is 0. The second kappa shape index (κ2) is 11.6. The molecule has 2 aromatic carbocycles. The fourth-order valence-electron chi connectivity index (χ4n) is 4.22. The maximum atomic E-state index is 11.6. The van der Waals surface area contributed by atoms with Crippen molar-refractivity contribution in [3.63, 3.8) is 0 Å². The number of nitrogens with one attached hydrogen (secondary N) is 1. The molecule has 5 rings (SSSR count). The van der Waals surface area contributed by atoms with E-state index in [-0.39, 0.29) is 22.8 Å². The second-order valence-corrected chi connectivity index (χ2v) is 9.14. The summed E-state index contributed by atoms with van der Waals surface area (Å²) in [6.07, 6.45) is 4.02. The van der Waals surface area contributed by atoms with Crippen LogP contribution >= 0.6 is 15.9 Å². The summed E-state index contributed by atoms with van der Waals surface area (Å²) in [5.74, 6) is 0. The van der Waals surface area contributed by atoms with Crippen LogP contribution in [0.25, 0.3) is 11.2 Å². The van der Waals surface area contributed by atoms with Crippen LogP contribution in [0.15, 0.2) is 76.6 Å². The molecule has 0 bridgehead atoms. The van der Waals surface area contributed by atoms with Crippen LogP contribution in [0.5, 0.6) is 0 Å². The Labute approximate surface area is 212 Å². The molecule has 1 fully saturated rings. The van der Waals surface area contributed by atoms with Crippen molar-refractivity contribution in [2.24, 2.45) is 7.05 Å². The number of H-pyrrole nitrogens is 1. The van der Waals surface area contributed by atoms with Crippen molar-refractivity contribution in [3.8, 4) is 0 Å². The molecule has 3 heterocycles. The minimum absolute atomic E-state index is 0.0424. The summed E-state index contributed by atoms with van der Waals surface area (Å²) in [7, 11) is 3.76. The first-order valence-electron chi connectivity index (χ1n) is 11.6. The molecule has 1 N–H and O–H groups in total. The quantitative estimate of drug-likeness (QED) is 0.391. The molecule has 1 aliphatic heterocycles. The zero-order valence-corrected chi connectivity index (χ0v) is 21.5. The van der Waals surface area contributed by atoms with E-state index < -0.39 is 0 Å². The SMILES string of the molecule is CN1CCC(OC(c2ccccc2)c2ccccc2)CC1.Cn1c(=O)n(CBr)c(=O)c2[nH]cnc21. The first-order valence-corrected chi connectivity index (χ1v) is 12.7. The first kappa shape index (κ1) is 25.1. The number of alkyl halides is 1. The molecule has 0 amide bonds. The number of rotatable bonds is 5. The highest BCUT2D eigenvalue weighted by atomic mass is 79.9. The van der Waals surface area contributed by atoms with Crippen LogP contribution in [0, 0.1) is 0 Å². The predicted octanol–water partition coefficient (Wildman–Crippen LogP) is 3.66. The third-order valence-electron chi connectivity index (χ3n) is 6.23. The molecule has 1 aliphatic rings. The van der Waals surface area contributed by atoms with Gasteiger partial charge in [0, 0.05) is 20.1 Å². The van der Waals surface area contributed by atoms with Crippen molar-refractivity contribution in [2.75, 3.05) is 20.1 Å². The fourth-order valence-corrected chi connectivity index (χ4v) is 4.66. The van der Waals surface area contributed by atoms with E-state index in [4.69, 9.17) is 4.74 Å². The average Bonchev–Trinajstić information content (AvgIpc) is 3.40. The van der Waals surface area contributed by atoms with Crippen molar-refractivity contribution in [3.05, 3.63) is 99.0 Å². The molecule has 184 valence electrons. The van der Waals surface area contributed by atoms with Crippen LogP contribution < -0.4 is 11.2 Å². The van der Waals surface area contributed by atoms with Gasteiger partial charge in [-0.25, -0.2) is 14.3 Å². The molecule has 1 saturated heterocycles. The Bertz CT molecular complexity index is 1300. The lowest BCUT2D eigenvalue weighted by molar-refractivity contribution is -0.0234. The van der Waals surface area contributed by atoms with Gasteiger partial charge in [-0.1, -0.05) is 76.6 Å². The molecule has 0 atom stereocenters. The van der Waals surface area contributed by atoms with Gasteiger partial charge < -0.3 is 14.6 Å². The number of hydrogen-bond acceptors (Lipinski definition) is 5. The van der Waals surface area contributed by atoms with Gasteiger partial charge in [0.05, 0.1) is 17.9 Å². The van der Waals surface area contributed by atoms with Gasteiger partial charge in [0.25, 0.3) is 5.56 Å². The van der Waals surface area contributed by atoms with E-state index in [0.717, 1.165) is 30.5 Å². The first-order chi connectivity index (χ1) is 17.0. The molecule has 9 heteroatoms. The van der Waals surface area contributed by atoms with Crippen LogP contribution in [0.4, 0.5) is 0 Å². The smallest absolute Gasteiger partial charge is 0.333 e. The largest absolute Gasteiger partial charge is 0.365 e. The summed E-state index contributed by atoms with van der Waals surface area (Å²) in [6, 6.07) is 21.1. The Hall–Kier alpha value is -3.01. The van der Waals surface area contributed by atoms with Gasteiger partial charge in [-0.05, 0) is 31.0 Å². The van der Waals surface area contributed by atoms with E-state index in [2.05, 4.69) is 98.5 Å². The van der Waals surface area contributed by atoms with Gasteiger partial charge in [-0.2, -0.15) is 0 Å². The summed E-state index contributed by atoms with van der Waals surface area (Å²) in [4.78, 5) is 32.2. The van der Waals surface area contributed by atoms with E-state index in [1.54, 1.807) is 7.05 Å². The molecule has 0 spiro atoms. The number of halogens is 1. The predicted molar refractivity (Wildman–Crippen MR) is 141 cm³/mol. The van der Waals surface area contributed by atoms with Crippen LogP contribution in [0.2, 0.25) is 0 Å². The second-order valence-electron chi connectivity index (χ2n) is 8.64. The number of ether oxygens (including phenoxy) is 1. The number of hydrogen-bond donors (Lipinski definition) is 1. The van der Waals surface area contributed by atoms with Crippen molar-refractivity contribution >= 4 is 27.1 Å². The third-order valence-corrected chi connectivity index (χ3v) is 6.73. The number of likely N-dealkylation sites (tertiary alicyclic amines) is 1. The minimum Gasteiger partial charge on any atom is -0.365 e. The number of aromatic amines is 1.